The van der Waals surface area contributed by atoms with Crippen molar-refractivity contribution in [3.05, 3.63) is 0 Å². The number of sulfonamides is 1. The van der Waals surface area contributed by atoms with Gasteiger partial charge in [-0.1, -0.05) is 0 Å². The zero-order valence-corrected chi connectivity index (χ0v) is 11.8. The van der Waals surface area contributed by atoms with Gasteiger partial charge in [-0.2, -0.15) is 0 Å². The van der Waals surface area contributed by atoms with E-state index in [9.17, 15) is 17.6 Å². The fraction of sp³-hybridized carbons (Fsp3) is 0.900. The molecule has 0 unspecified atom stereocenters. The number of nitrogens with one attached hydrogen (secondary N) is 1. The number of likely N-dealkylation sites (tertiary alicyclic amines) is 1. The van der Waals surface area contributed by atoms with Gasteiger partial charge in [0.2, 0.25) is 10.0 Å². The Labute approximate surface area is 107 Å². The quantitative estimate of drug-likeness (QED) is 0.817. The van der Waals surface area contributed by atoms with Crippen LogP contribution >= 0.6 is 0 Å². The van der Waals surface area contributed by atoms with E-state index in [2.05, 4.69) is 4.72 Å². The van der Waals surface area contributed by atoms with Crippen molar-refractivity contribution in [1.29, 1.82) is 0 Å². The molecule has 1 N–H and O–H groups in total. The number of ether oxygens (including phenoxy) is 1. The molecule has 0 spiro atoms. The summed E-state index contributed by atoms with van der Waals surface area (Å²) in [5.74, 6) is 0. The molecule has 0 radical (unpaired) electrons. The minimum Gasteiger partial charge on any atom is -0.444 e. The monoisotopic (exact) mass is 282 g/mol. The van der Waals surface area contributed by atoms with Crippen LogP contribution in [0.15, 0.2) is 0 Å². The molecule has 18 heavy (non-hydrogen) atoms. The first-order chi connectivity index (χ1) is 7.99. The molecule has 106 valence electrons. The van der Waals surface area contributed by atoms with E-state index >= 15 is 0 Å². The molecule has 1 fully saturated rings. The van der Waals surface area contributed by atoms with Crippen LogP contribution in [0.5, 0.6) is 0 Å². The molecule has 0 saturated carbocycles. The predicted molar refractivity (Wildman–Crippen MR) is 64.5 cm³/mol. The average molecular weight is 282 g/mol. The summed E-state index contributed by atoms with van der Waals surface area (Å²) in [7, 11) is -3.40. The van der Waals surface area contributed by atoms with Crippen molar-refractivity contribution >= 4 is 16.1 Å². The number of halogens is 1. The molecule has 0 aliphatic carbocycles. The van der Waals surface area contributed by atoms with Crippen molar-refractivity contribution in [2.45, 2.75) is 38.6 Å². The summed E-state index contributed by atoms with van der Waals surface area (Å²) in [5, 5.41) is 0. The van der Waals surface area contributed by atoms with Crippen LogP contribution in [0, 0.1) is 0 Å². The van der Waals surface area contributed by atoms with Gasteiger partial charge in [0.25, 0.3) is 0 Å². The van der Waals surface area contributed by atoms with E-state index in [1.54, 1.807) is 20.8 Å². The number of nitrogens with zero attached hydrogens (tertiary/aromatic N) is 1. The summed E-state index contributed by atoms with van der Waals surface area (Å²) in [6.07, 6.45) is -0.875. The summed E-state index contributed by atoms with van der Waals surface area (Å²) >= 11 is 0. The Kier molecular flexibility index (Phi) is 4.22. The Hall–Kier alpha value is -0.890. The van der Waals surface area contributed by atoms with Crippen molar-refractivity contribution in [1.82, 2.24) is 9.62 Å². The highest BCUT2D eigenvalue weighted by Crippen LogP contribution is 2.23. The second kappa shape index (κ2) is 5.00. The summed E-state index contributed by atoms with van der Waals surface area (Å²) in [6, 6.07) is -0.797. The number of rotatable bonds is 3. The molecule has 2 atom stereocenters. The van der Waals surface area contributed by atoms with E-state index in [4.69, 9.17) is 4.74 Å². The third-order valence-corrected chi connectivity index (χ3v) is 3.06. The molecule has 1 heterocycles. The molecule has 0 aromatic carbocycles. The smallest absolute Gasteiger partial charge is 0.410 e. The van der Waals surface area contributed by atoms with E-state index in [0.717, 1.165) is 6.26 Å². The summed E-state index contributed by atoms with van der Waals surface area (Å²) in [6.45, 7) is 4.92. The highest BCUT2D eigenvalue weighted by molar-refractivity contribution is 7.88. The van der Waals surface area contributed by atoms with Crippen molar-refractivity contribution in [2.24, 2.45) is 0 Å². The lowest BCUT2D eigenvalue weighted by atomic mass is 10.0. The maximum absolute atomic E-state index is 13.3. The maximum atomic E-state index is 13.3. The molecular weight excluding hydrogens is 263 g/mol. The van der Waals surface area contributed by atoms with Crippen LogP contribution in [-0.4, -0.2) is 56.6 Å². The topological polar surface area (TPSA) is 75.7 Å². The van der Waals surface area contributed by atoms with Gasteiger partial charge < -0.3 is 4.74 Å². The van der Waals surface area contributed by atoms with Crippen LogP contribution in [0.25, 0.3) is 0 Å². The molecule has 1 aliphatic heterocycles. The third-order valence-electron chi connectivity index (χ3n) is 2.37. The van der Waals surface area contributed by atoms with Crippen LogP contribution in [0.4, 0.5) is 9.18 Å². The van der Waals surface area contributed by atoms with Gasteiger partial charge in [0.05, 0.1) is 18.8 Å². The number of carbonyl (C=O) groups excluding carboxylic acids is 1. The predicted octanol–water partition coefficient (Wildman–Crippen LogP) is 0.493. The SMILES string of the molecule is CC(C)(C)OC(=O)N1C[C@@H](F)[C@H]1CNS(C)(=O)=O. The first-order valence-electron chi connectivity index (χ1n) is 5.58. The minimum absolute atomic E-state index is 0.0645. The van der Waals surface area contributed by atoms with E-state index in [-0.39, 0.29) is 13.1 Å². The lowest BCUT2D eigenvalue weighted by Gasteiger charge is -2.43. The first-order valence-corrected chi connectivity index (χ1v) is 7.47. The van der Waals surface area contributed by atoms with Crippen molar-refractivity contribution in [3.63, 3.8) is 0 Å². The molecular formula is C10H19FN2O4S. The number of carbonyl (C=O) groups is 1. The lowest BCUT2D eigenvalue weighted by Crippen LogP contribution is -2.64. The minimum atomic E-state index is -3.40. The summed E-state index contributed by atoms with van der Waals surface area (Å²) in [5.41, 5.74) is -0.659. The second-order valence-electron chi connectivity index (χ2n) is 5.34. The Morgan fingerprint density at radius 1 is 1.50 bits per heavy atom. The van der Waals surface area contributed by atoms with Crippen LogP contribution in [-0.2, 0) is 14.8 Å². The molecule has 0 aromatic heterocycles. The molecule has 1 saturated heterocycles. The van der Waals surface area contributed by atoms with E-state index < -0.39 is 33.9 Å². The molecule has 0 aromatic rings. The van der Waals surface area contributed by atoms with Crippen molar-refractivity contribution in [3.8, 4) is 0 Å². The maximum Gasteiger partial charge on any atom is 0.410 e. The highest BCUT2D eigenvalue weighted by atomic mass is 32.2. The van der Waals surface area contributed by atoms with Gasteiger partial charge in [-0.3, -0.25) is 4.90 Å². The standard InChI is InChI=1S/C10H19FN2O4S/c1-10(2,3)17-9(14)13-6-7(11)8(13)5-12-18(4,15)16/h7-8,12H,5-6H2,1-4H3/t7-,8-/m1/s1. The normalized spacial score (nSPS) is 24.6. The van der Waals surface area contributed by atoms with E-state index in [1.165, 1.54) is 4.90 Å². The largest absolute Gasteiger partial charge is 0.444 e. The third kappa shape index (κ3) is 4.41. The van der Waals surface area contributed by atoms with Crippen molar-refractivity contribution in [2.75, 3.05) is 19.3 Å². The molecule has 6 nitrogen and oxygen atoms in total. The second-order valence-corrected chi connectivity index (χ2v) is 7.17. The lowest BCUT2D eigenvalue weighted by molar-refractivity contribution is -0.0381. The van der Waals surface area contributed by atoms with Gasteiger partial charge in [0.15, 0.2) is 0 Å². The first kappa shape index (κ1) is 15.2. The van der Waals surface area contributed by atoms with Crippen LogP contribution < -0.4 is 4.72 Å². The van der Waals surface area contributed by atoms with Gasteiger partial charge in [0, 0.05) is 6.54 Å². The van der Waals surface area contributed by atoms with Crippen molar-refractivity contribution < 1.29 is 22.3 Å². The van der Waals surface area contributed by atoms with E-state index in [1.807, 2.05) is 0 Å². The van der Waals surface area contributed by atoms with Crippen LogP contribution in [0.3, 0.4) is 0 Å². The number of alkyl halides is 1. The zero-order chi connectivity index (χ0) is 14.1. The van der Waals surface area contributed by atoms with E-state index in [0.29, 0.717) is 0 Å². The molecule has 0 bridgehead atoms. The summed E-state index contributed by atoms with van der Waals surface area (Å²) < 4.78 is 42.4. The molecule has 1 aliphatic rings. The molecule has 1 rings (SSSR count). The molecule has 8 heteroatoms. The molecule has 1 amide bonds. The average Bonchev–Trinajstić information content (AvgIpc) is 2.08. The number of hydrogen-bond donors (Lipinski definition) is 1. The van der Waals surface area contributed by atoms with Gasteiger partial charge in [-0.15, -0.1) is 0 Å². The number of hydrogen-bond acceptors (Lipinski definition) is 4. The summed E-state index contributed by atoms with van der Waals surface area (Å²) in [4.78, 5) is 12.9. The highest BCUT2D eigenvalue weighted by Gasteiger charge is 2.44. The number of amides is 1. The van der Waals surface area contributed by atoms with Gasteiger partial charge in [-0.05, 0) is 20.8 Å². The van der Waals surface area contributed by atoms with Gasteiger partial charge in [0.1, 0.15) is 11.8 Å². The Balaban J connectivity index is 2.55. The van der Waals surface area contributed by atoms with Crippen LogP contribution in [0.1, 0.15) is 20.8 Å². The van der Waals surface area contributed by atoms with Crippen LogP contribution in [0.2, 0.25) is 0 Å². The Bertz CT molecular complexity index is 418. The fourth-order valence-electron chi connectivity index (χ4n) is 1.51. The zero-order valence-electron chi connectivity index (χ0n) is 10.9. The van der Waals surface area contributed by atoms with Gasteiger partial charge in [-0.25, -0.2) is 22.3 Å². The van der Waals surface area contributed by atoms with Gasteiger partial charge >= 0.3 is 6.09 Å². The Morgan fingerprint density at radius 2 is 2.06 bits per heavy atom. The Morgan fingerprint density at radius 3 is 2.44 bits per heavy atom. The fourth-order valence-corrected chi connectivity index (χ4v) is 1.98.